The van der Waals surface area contributed by atoms with Gasteiger partial charge in [0.25, 0.3) is 0 Å². The Morgan fingerprint density at radius 2 is 1.96 bits per heavy atom. The van der Waals surface area contributed by atoms with Crippen LogP contribution in [0.3, 0.4) is 0 Å². The van der Waals surface area contributed by atoms with Crippen molar-refractivity contribution in [2.24, 2.45) is 0 Å². The van der Waals surface area contributed by atoms with E-state index in [0.29, 0.717) is 0 Å². The van der Waals surface area contributed by atoms with Crippen LogP contribution in [-0.4, -0.2) is 34.4 Å². The summed E-state index contributed by atoms with van der Waals surface area (Å²) in [6.45, 7) is 6.53. The van der Waals surface area contributed by atoms with Gasteiger partial charge in [-0.25, -0.2) is 0 Å². The first-order valence-electron chi connectivity index (χ1n) is 9.47. The zero-order chi connectivity index (χ0) is 18.9. The molecule has 2 heterocycles. The van der Waals surface area contributed by atoms with Crippen molar-refractivity contribution in [1.29, 1.82) is 0 Å². The van der Waals surface area contributed by atoms with E-state index in [1.807, 2.05) is 18.3 Å². The molecule has 0 spiro atoms. The lowest BCUT2D eigenvalue weighted by Crippen LogP contribution is -2.46. The molecule has 138 valence electrons. The predicted molar refractivity (Wildman–Crippen MR) is 109 cm³/mol. The van der Waals surface area contributed by atoms with E-state index in [0.717, 1.165) is 31.6 Å². The van der Waals surface area contributed by atoms with E-state index in [-0.39, 0.29) is 11.4 Å². The third-order valence-electron chi connectivity index (χ3n) is 5.35. The maximum absolute atomic E-state index is 11.4. The molecular formula is C23H25N3O. The molecule has 1 aliphatic heterocycles. The maximum atomic E-state index is 11.4. The minimum absolute atomic E-state index is 0.0493. The molecule has 2 aromatic carbocycles. The quantitative estimate of drug-likeness (QED) is 0.766. The summed E-state index contributed by atoms with van der Waals surface area (Å²) in [5, 5.41) is 4.27. The molecule has 0 bridgehead atoms. The van der Waals surface area contributed by atoms with Crippen molar-refractivity contribution in [3.8, 4) is 11.1 Å². The van der Waals surface area contributed by atoms with Crippen molar-refractivity contribution in [2.75, 3.05) is 13.1 Å². The van der Waals surface area contributed by atoms with E-state index >= 15 is 0 Å². The second-order valence-electron chi connectivity index (χ2n) is 7.78. The van der Waals surface area contributed by atoms with Gasteiger partial charge in [0.05, 0.1) is 11.1 Å². The van der Waals surface area contributed by atoms with Crippen molar-refractivity contribution in [3.63, 3.8) is 0 Å². The highest BCUT2D eigenvalue weighted by Crippen LogP contribution is 2.28. The van der Waals surface area contributed by atoms with Crippen LogP contribution in [0.4, 0.5) is 0 Å². The van der Waals surface area contributed by atoms with Gasteiger partial charge in [-0.15, -0.1) is 0 Å². The van der Waals surface area contributed by atoms with Crippen LogP contribution in [0, 0.1) is 0 Å². The second kappa shape index (κ2) is 7.12. The molecule has 1 amide bonds. The van der Waals surface area contributed by atoms with E-state index in [1.54, 1.807) is 6.92 Å². The number of aromatic nitrogens is 1. The summed E-state index contributed by atoms with van der Waals surface area (Å²) >= 11 is 0. The predicted octanol–water partition coefficient (Wildman–Crippen LogP) is 4.00. The molecule has 1 unspecified atom stereocenters. The average molecular weight is 359 g/mol. The van der Waals surface area contributed by atoms with Crippen LogP contribution >= 0.6 is 0 Å². The first kappa shape index (κ1) is 17.7. The van der Waals surface area contributed by atoms with Crippen LogP contribution in [0.25, 0.3) is 22.0 Å². The molecule has 0 radical (unpaired) electrons. The van der Waals surface area contributed by atoms with Crippen LogP contribution in [-0.2, 0) is 11.3 Å². The summed E-state index contributed by atoms with van der Waals surface area (Å²) in [5.74, 6) is 0.0493. The Labute approximate surface area is 160 Å². The van der Waals surface area contributed by atoms with Crippen molar-refractivity contribution in [3.05, 3.63) is 66.4 Å². The van der Waals surface area contributed by atoms with Gasteiger partial charge in [-0.3, -0.25) is 14.7 Å². The second-order valence-corrected chi connectivity index (χ2v) is 7.78. The van der Waals surface area contributed by atoms with Crippen molar-refractivity contribution >= 4 is 16.8 Å². The van der Waals surface area contributed by atoms with Gasteiger partial charge in [0.15, 0.2) is 0 Å². The SMILES string of the molecule is CC(=O)NC1(C)CCN(Cc2ccc(-c3cccc4ncccc34)cc2)C1. The highest BCUT2D eigenvalue weighted by atomic mass is 16.1. The number of carbonyl (C=O) groups is 1. The van der Waals surface area contributed by atoms with Crippen LogP contribution in [0.5, 0.6) is 0 Å². The van der Waals surface area contributed by atoms with Gasteiger partial charge in [-0.1, -0.05) is 42.5 Å². The Morgan fingerprint density at radius 3 is 2.74 bits per heavy atom. The van der Waals surface area contributed by atoms with E-state index in [4.69, 9.17) is 0 Å². The van der Waals surface area contributed by atoms with Gasteiger partial charge in [0.1, 0.15) is 0 Å². The number of benzene rings is 2. The Hall–Kier alpha value is -2.72. The number of fused-ring (bicyclic) bond motifs is 1. The molecule has 1 aromatic heterocycles. The molecule has 0 saturated carbocycles. The number of hydrogen-bond donors (Lipinski definition) is 1. The minimum Gasteiger partial charge on any atom is -0.350 e. The topological polar surface area (TPSA) is 45.2 Å². The molecule has 4 heteroatoms. The van der Waals surface area contributed by atoms with Gasteiger partial charge >= 0.3 is 0 Å². The number of likely N-dealkylation sites (tertiary alicyclic amines) is 1. The maximum Gasteiger partial charge on any atom is 0.217 e. The number of rotatable bonds is 4. The number of amides is 1. The zero-order valence-electron chi connectivity index (χ0n) is 15.9. The first-order valence-corrected chi connectivity index (χ1v) is 9.47. The monoisotopic (exact) mass is 359 g/mol. The largest absolute Gasteiger partial charge is 0.350 e. The lowest BCUT2D eigenvalue weighted by molar-refractivity contribution is -0.120. The van der Waals surface area contributed by atoms with Crippen LogP contribution in [0.2, 0.25) is 0 Å². The molecule has 3 aromatic rings. The Kier molecular flexibility index (Phi) is 4.66. The van der Waals surface area contributed by atoms with Crippen molar-refractivity contribution in [2.45, 2.75) is 32.4 Å². The Morgan fingerprint density at radius 1 is 1.15 bits per heavy atom. The van der Waals surface area contributed by atoms with Gasteiger partial charge < -0.3 is 5.32 Å². The average Bonchev–Trinajstić information content (AvgIpc) is 3.01. The van der Waals surface area contributed by atoms with E-state index in [1.165, 1.54) is 22.1 Å². The molecule has 1 aliphatic rings. The minimum atomic E-state index is -0.109. The molecule has 1 fully saturated rings. The summed E-state index contributed by atoms with van der Waals surface area (Å²) in [4.78, 5) is 18.3. The van der Waals surface area contributed by atoms with Crippen molar-refractivity contribution in [1.82, 2.24) is 15.2 Å². The van der Waals surface area contributed by atoms with Gasteiger partial charge in [0.2, 0.25) is 5.91 Å². The number of hydrogen-bond acceptors (Lipinski definition) is 3. The summed E-state index contributed by atoms with van der Waals surface area (Å²) < 4.78 is 0. The molecule has 0 aliphatic carbocycles. The van der Waals surface area contributed by atoms with E-state index < -0.39 is 0 Å². The summed E-state index contributed by atoms with van der Waals surface area (Å²) in [7, 11) is 0. The Balaban J connectivity index is 1.49. The third-order valence-corrected chi connectivity index (χ3v) is 5.35. The van der Waals surface area contributed by atoms with Crippen LogP contribution < -0.4 is 5.32 Å². The standard InChI is InChI=1S/C23H25N3O/c1-17(27)25-23(2)12-14-26(16-23)15-18-8-10-19(11-9-18)20-5-3-7-22-21(20)6-4-13-24-22/h3-11,13H,12,14-16H2,1-2H3,(H,25,27). The number of nitrogens with one attached hydrogen (secondary N) is 1. The molecule has 27 heavy (non-hydrogen) atoms. The number of pyridine rings is 1. The number of carbonyl (C=O) groups excluding carboxylic acids is 1. The van der Waals surface area contributed by atoms with E-state index in [2.05, 4.69) is 64.6 Å². The highest BCUT2D eigenvalue weighted by Gasteiger charge is 2.34. The van der Waals surface area contributed by atoms with Crippen LogP contribution in [0.15, 0.2) is 60.8 Å². The fraction of sp³-hybridized carbons (Fsp3) is 0.304. The fourth-order valence-corrected chi connectivity index (χ4v) is 4.12. The lowest BCUT2D eigenvalue weighted by Gasteiger charge is -2.25. The molecule has 1 saturated heterocycles. The Bertz CT molecular complexity index is 962. The fourth-order valence-electron chi connectivity index (χ4n) is 4.12. The normalized spacial score (nSPS) is 20.1. The molecule has 1 atom stereocenters. The summed E-state index contributed by atoms with van der Waals surface area (Å²) in [5.41, 5.74) is 4.63. The first-order chi connectivity index (χ1) is 13.0. The molecule has 4 rings (SSSR count). The summed E-state index contributed by atoms with van der Waals surface area (Å²) in [6.07, 6.45) is 2.83. The molecule has 4 nitrogen and oxygen atoms in total. The summed E-state index contributed by atoms with van der Waals surface area (Å²) in [6, 6.07) is 19.2. The van der Waals surface area contributed by atoms with Gasteiger partial charge in [-0.2, -0.15) is 0 Å². The zero-order valence-corrected chi connectivity index (χ0v) is 15.9. The van der Waals surface area contributed by atoms with Gasteiger partial charge in [0, 0.05) is 38.1 Å². The smallest absolute Gasteiger partial charge is 0.217 e. The van der Waals surface area contributed by atoms with Gasteiger partial charge in [-0.05, 0) is 42.2 Å². The molecular weight excluding hydrogens is 334 g/mol. The van der Waals surface area contributed by atoms with Crippen LogP contribution in [0.1, 0.15) is 25.8 Å². The number of nitrogens with zero attached hydrogens (tertiary/aromatic N) is 2. The lowest BCUT2D eigenvalue weighted by atomic mass is 9.99. The van der Waals surface area contributed by atoms with E-state index in [9.17, 15) is 4.79 Å². The third kappa shape index (κ3) is 3.86. The molecule has 1 N–H and O–H groups in total. The highest BCUT2D eigenvalue weighted by molar-refractivity contribution is 5.94. The van der Waals surface area contributed by atoms with Crippen molar-refractivity contribution < 1.29 is 4.79 Å².